The van der Waals surface area contributed by atoms with Crippen LogP contribution in [0.5, 0.6) is 0 Å². The third kappa shape index (κ3) is 3.24. The molecule has 0 aromatic heterocycles. The summed E-state index contributed by atoms with van der Waals surface area (Å²) in [4.78, 5) is 2.66. The molecule has 0 radical (unpaired) electrons. The van der Waals surface area contributed by atoms with Crippen LogP contribution in [0.2, 0.25) is 0 Å². The average molecular weight is 474 g/mol. The fourth-order valence-electron chi connectivity index (χ4n) is 9.83. The molecular formula is C29H44ClNO2. The van der Waals surface area contributed by atoms with Crippen LogP contribution in [-0.4, -0.2) is 52.8 Å². The zero-order valence-electron chi connectivity index (χ0n) is 21.2. The van der Waals surface area contributed by atoms with E-state index in [9.17, 15) is 5.11 Å². The van der Waals surface area contributed by atoms with Crippen molar-refractivity contribution in [3.63, 3.8) is 0 Å². The van der Waals surface area contributed by atoms with Crippen LogP contribution in [0, 0.1) is 35.0 Å². The molecule has 6 unspecified atom stereocenters. The van der Waals surface area contributed by atoms with Crippen molar-refractivity contribution in [3.8, 4) is 0 Å². The van der Waals surface area contributed by atoms with E-state index in [2.05, 4.69) is 38.7 Å². The van der Waals surface area contributed by atoms with Gasteiger partial charge in [0.2, 0.25) is 0 Å². The van der Waals surface area contributed by atoms with Crippen molar-refractivity contribution in [1.29, 1.82) is 0 Å². The van der Waals surface area contributed by atoms with Crippen molar-refractivity contribution in [1.82, 2.24) is 4.90 Å². The van der Waals surface area contributed by atoms with Gasteiger partial charge in [-0.2, -0.15) is 0 Å². The van der Waals surface area contributed by atoms with Crippen molar-refractivity contribution in [3.05, 3.63) is 22.8 Å². The molecule has 0 aromatic rings. The quantitative estimate of drug-likeness (QED) is 0.397. The van der Waals surface area contributed by atoms with E-state index in [1.54, 1.807) is 16.7 Å². The van der Waals surface area contributed by atoms with Gasteiger partial charge in [0.1, 0.15) is 0 Å². The maximum absolute atomic E-state index is 10.3. The van der Waals surface area contributed by atoms with Crippen LogP contribution >= 0.6 is 11.6 Å². The lowest BCUT2D eigenvalue weighted by atomic mass is 9.56. The predicted molar refractivity (Wildman–Crippen MR) is 134 cm³/mol. The molecule has 6 rings (SSSR count). The number of aliphatic hydroxyl groups excluding tert-OH is 1. The Kier molecular flexibility index (Phi) is 5.65. The maximum atomic E-state index is 10.3. The molecule has 4 heteroatoms. The zero-order chi connectivity index (χ0) is 23.1. The first kappa shape index (κ1) is 23.1. The van der Waals surface area contributed by atoms with Gasteiger partial charge in [-0.1, -0.05) is 38.0 Å². The Morgan fingerprint density at radius 2 is 2.03 bits per heavy atom. The summed E-state index contributed by atoms with van der Waals surface area (Å²) in [6, 6.07) is 0.515. The molecule has 0 bridgehead atoms. The molecule has 3 nitrogen and oxygen atoms in total. The molecule has 2 aliphatic heterocycles. The predicted octanol–water partition coefficient (Wildman–Crippen LogP) is 5.95. The van der Waals surface area contributed by atoms with Gasteiger partial charge in [0, 0.05) is 30.9 Å². The number of allylic oxidation sites excluding steroid dienone is 2. The number of nitrogens with zero attached hydrogens (tertiary/aromatic N) is 1. The highest BCUT2D eigenvalue weighted by Crippen LogP contribution is 2.65. The number of rotatable bonds is 2. The monoisotopic (exact) mass is 473 g/mol. The molecule has 10 atom stereocenters. The van der Waals surface area contributed by atoms with Crippen molar-refractivity contribution >= 4 is 11.6 Å². The lowest BCUT2D eigenvalue weighted by Crippen LogP contribution is -2.52. The van der Waals surface area contributed by atoms with Gasteiger partial charge in [-0.15, -0.1) is 11.6 Å². The number of piperidine rings is 1. The van der Waals surface area contributed by atoms with E-state index in [0.29, 0.717) is 35.3 Å². The fraction of sp³-hybridized carbons (Fsp3) is 0.862. The van der Waals surface area contributed by atoms with Crippen LogP contribution < -0.4 is 0 Å². The largest absolute Gasteiger partial charge is 0.393 e. The van der Waals surface area contributed by atoms with Crippen LogP contribution in [0.4, 0.5) is 0 Å². The minimum atomic E-state index is -0.122. The Labute approximate surface area is 206 Å². The highest BCUT2D eigenvalue weighted by molar-refractivity contribution is 6.18. The van der Waals surface area contributed by atoms with Crippen molar-refractivity contribution in [2.45, 2.75) is 103 Å². The molecule has 184 valence electrons. The molecule has 2 saturated carbocycles. The van der Waals surface area contributed by atoms with E-state index in [1.807, 2.05) is 0 Å². The summed E-state index contributed by atoms with van der Waals surface area (Å²) in [5.74, 6) is 4.22. The minimum Gasteiger partial charge on any atom is -0.393 e. The van der Waals surface area contributed by atoms with Crippen LogP contribution in [-0.2, 0) is 4.74 Å². The van der Waals surface area contributed by atoms with Crippen molar-refractivity contribution < 1.29 is 9.84 Å². The number of aliphatic hydroxyl groups is 1. The summed E-state index contributed by atoms with van der Waals surface area (Å²) in [5.41, 5.74) is 5.16. The van der Waals surface area contributed by atoms with Crippen LogP contribution in [0.15, 0.2) is 22.8 Å². The van der Waals surface area contributed by atoms with Crippen LogP contribution in [0.25, 0.3) is 0 Å². The van der Waals surface area contributed by atoms with Crippen LogP contribution in [0.1, 0.15) is 79.1 Å². The number of fused-ring (bicyclic) bond motifs is 6. The molecule has 33 heavy (non-hydrogen) atoms. The standard InChI is InChI=1S/C29H44ClNO2/c1-17-13-26-27(31(16-17)12-11-30)19(3)29(33-26)10-8-22-23-6-5-20-14-21(32)7-9-28(20,4)25(23)15-24(22)18(29)2/h5,17,19,21-23,25-27,32H,6-16H2,1-4H3/t17?,19-,21?,22+,23?,25+,26-,27?,28?,29?/m1/s1. The molecule has 6 aliphatic rings. The number of hydrogen-bond acceptors (Lipinski definition) is 3. The Bertz CT molecular complexity index is 868. The first-order valence-corrected chi connectivity index (χ1v) is 14.4. The lowest BCUT2D eigenvalue weighted by molar-refractivity contribution is -0.0643. The van der Waals surface area contributed by atoms with E-state index in [4.69, 9.17) is 16.3 Å². The third-order valence-electron chi connectivity index (χ3n) is 11.5. The smallest absolute Gasteiger partial charge is 0.0937 e. The summed E-state index contributed by atoms with van der Waals surface area (Å²) in [6.45, 7) is 12.0. The Balaban J connectivity index is 1.33. The average Bonchev–Trinajstić information content (AvgIpc) is 3.29. The summed E-state index contributed by atoms with van der Waals surface area (Å²) in [7, 11) is 0. The van der Waals surface area contributed by atoms with E-state index < -0.39 is 0 Å². The normalized spacial score (nSPS) is 51.8. The van der Waals surface area contributed by atoms with Gasteiger partial charge in [-0.05, 0) is 93.0 Å². The number of ether oxygens (including phenoxy) is 1. The van der Waals surface area contributed by atoms with Gasteiger partial charge in [-0.3, -0.25) is 4.90 Å². The van der Waals surface area contributed by atoms with Gasteiger partial charge >= 0.3 is 0 Å². The van der Waals surface area contributed by atoms with E-state index in [1.165, 1.54) is 38.6 Å². The molecule has 2 saturated heterocycles. The molecule has 0 amide bonds. The zero-order valence-corrected chi connectivity index (χ0v) is 21.9. The first-order chi connectivity index (χ1) is 15.8. The highest BCUT2D eigenvalue weighted by Gasteiger charge is 2.61. The molecule has 2 heterocycles. The SMILES string of the molecule is CC1=C2C[C@H]3C(CC=C4CC(O)CCC43C)[C@@H]2CCC12O[C@@H]1CC(C)CN(CCCl)C1[C@H]2C. The second-order valence-corrected chi connectivity index (χ2v) is 13.3. The molecule has 4 fully saturated rings. The van der Waals surface area contributed by atoms with Gasteiger partial charge in [0.05, 0.1) is 17.8 Å². The molecular weight excluding hydrogens is 430 g/mol. The molecule has 1 spiro atoms. The lowest BCUT2D eigenvalue weighted by Gasteiger charge is -2.49. The van der Waals surface area contributed by atoms with Crippen LogP contribution in [0.3, 0.4) is 0 Å². The van der Waals surface area contributed by atoms with Gasteiger partial charge in [0.25, 0.3) is 0 Å². The van der Waals surface area contributed by atoms with E-state index in [-0.39, 0.29) is 11.7 Å². The van der Waals surface area contributed by atoms with Gasteiger partial charge < -0.3 is 9.84 Å². The maximum Gasteiger partial charge on any atom is 0.0937 e. The fourth-order valence-corrected chi connectivity index (χ4v) is 10.0. The summed E-state index contributed by atoms with van der Waals surface area (Å²) >= 11 is 6.24. The summed E-state index contributed by atoms with van der Waals surface area (Å²) in [5, 5.41) is 10.3. The van der Waals surface area contributed by atoms with Gasteiger partial charge in [-0.25, -0.2) is 0 Å². The summed E-state index contributed by atoms with van der Waals surface area (Å²) in [6.07, 6.45) is 12.0. The van der Waals surface area contributed by atoms with Gasteiger partial charge in [0.15, 0.2) is 0 Å². The Morgan fingerprint density at radius 1 is 1.21 bits per heavy atom. The Hall–Kier alpha value is -0.350. The molecule has 0 aromatic carbocycles. The number of alkyl halides is 1. The minimum absolute atomic E-state index is 0.0663. The second kappa shape index (κ2) is 8.08. The summed E-state index contributed by atoms with van der Waals surface area (Å²) < 4.78 is 7.18. The van der Waals surface area contributed by atoms with Crippen molar-refractivity contribution in [2.24, 2.45) is 35.0 Å². The van der Waals surface area contributed by atoms with Crippen molar-refractivity contribution in [2.75, 3.05) is 19.0 Å². The highest BCUT2D eigenvalue weighted by atomic mass is 35.5. The number of likely N-dealkylation sites (tertiary alicyclic amines) is 1. The first-order valence-electron chi connectivity index (χ1n) is 13.8. The second-order valence-electron chi connectivity index (χ2n) is 12.9. The number of hydrogen-bond donors (Lipinski definition) is 1. The Morgan fingerprint density at radius 3 is 2.82 bits per heavy atom. The van der Waals surface area contributed by atoms with E-state index in [0.717, 1.165) is 43.6 Å². The third-order valence-corrected chi connectivity index (χ3v) is 11.6. The topological polar surface area (TPSA) is 32.7 Å². The molecule has 4 aliphatic carbocycles. The van der Waals surface area contributed by atoms with E-state index >= 15 is 0 Å². The molecule has 1 N–H and O–H groups in total. The number of halogens is 1.